The van der Waals surface area contributed by atoms with E-state index < -0.39 is 0 Å². The zero-order valence-electron chi connectivity index (χ0n) is 10.5. The van der Waals surface area contributed by atoms with Crippen LogP contribution >= 0.6 is 11.3 Å². The second kappa shape index (κ2) is 6.23. The van der Waals surface area contributed by atoms with Gasteiger partial charge in [-0.3, -0.25) is 0 Å². The summed E-state index contributed by atoms with van der Waals surface area (Å²) in [5.74, 6) is 3.46. The Kier molecular flexibility index (Phi) is 4.65. The number of likely N-dealkylation sites (N-methyl/N-ethyl adjacent to an activating group) is 1. The monoisotopic (exact) mass is 247 g/mol. The molecule has 0 saturated heterocycles. The van der Waals surface area contributed by atoms with Crippen molar-refractivity contribution in [3.63, 3.8) is 0 Å². The van der Waals surface area contributed by atoms with Crippen molar-refractivity contribution in [2.75, 3.05) is 6.54 Å². The fraction of sp³-hybridized carbons (Fsp3) is 0.600. The molecular formula is C15H21NS. The van der Waals surface area contributed by atoms with Crippen LogP contribution in [-0.2, 0) is 6.42 Å². The Bertz CT molecular complexity index is 388. The van der Waals surface area contributed by atoms with E-state index in [1.165, 1.54) is 19.3 Å². The summed E-state index contributed by atoms with van der Waals surface area (Å²) in [5, 5.41) is 5.87. The van der Waals surface area contributed by atoms with E-state index in [1.54, 1.807) is 10.4 Å². The molecule has 0 radical (unpaired) electrons. The van der Waals surface area contributed by atoms with E-state index in [2.05, 4.69) is 29.6 Å². The number of rotatable bonds is 5. The van der Waals surface area contributed by atoms with E-state index in [-0.39, 0.29) is 0 Å². The van der Waals surface area contributed by atoms with Crippen LogP contribution in [0.4, 0.5) is 0 Å². The van der Waals surface area contributed by atoms with Crippen LogP contribution in [0.5, 0.6) is 0 Å². The maximum atomic E-state index is 5.40. The van der Waals surface area contributed by atoms with Gasteiger partial charge < -0.3 is 5.32 Å². The molecule has 2 atom stereocenters. The Labute approximate surface area is 109 Å². The molecule has 1 heterocycles. The lowest BCUT2D eigenvalue weighted by Crippen LogP contribution is -2.36. The molecule has 1 aromatic rings. The van der Waals surface area contributed by atoms with Crippen LogP contribution in [0.25, 0.3) is 0 Å². The van der Waals surface area contributed by atoms with Crippen molar-refractivity contribution in [3.05, 3.63) is 21.9 Å². The molecular weight excluding hydrogens is 226 g/mol. The van der Waals surface area contributed by atoms with Crippen LogP contribution in [0.1, 0.15) is 49.0 Å². The fourth-order valence-electron chi connectivity index (χ4n) is 2.89. The molecule has 0 fully saturated rings. The second-order valence-electron chi connectivity index (χ2n) is 4.70. The molecule has 1 aromatic heterocycles. The average Bonchev–Trinajstić information content (AvgIpc) is 2.82. The van der Waals surface area contributed by atoms with Gasteiger partial charge in [-0.15, -0.1) is 23.7 Å². The minimum atomic E-state index is 0.560. The summed E-state index contributed by atoms with van der Waals surface area (Å²) < 4.78 is 0. The van der Waals surface area contributed by atoms with Crippen molar-refractivity contribution in [2.45, 2.75) is 51.0 Å². The third-order valence-corrected chi connectivity index (χ3v) is 4.65. The van der Waals surface area contributed by atoms with Gasteiger partial charge in [0.1, 0.15) is 0 Å². The van der Waals surface area contributed by atoms with E-state index in [1.807, 2.05) is 11.3 Å². The highest BCUT2D eigenvalue weighted by Gasteiger charge is 2.27. The highest BCUT2D eigenvalue weighted by molar-refractivity contribution is 7.10. The maximum absolute atomic E-state index is 5.40. The van der Waals surface area contributed by atoms with E-state index in [0.29, 0.717) is 12.0 Å². The quantitative estimate of drug-likeness (QED) is 0.785. The number of terminal acetylenes is 1. The van der Waals surface area contributed by atoms with Crippen molar-refractivity contribution < 1.29 is 0 Å². The molecule has 0 aromatic carbocycles. The van der Waals surface area contributed by atoms with Gasteiger partial charge in [0, 0.05) is 23.3 Å². The van der Waals surface area contributed by atoms with Crippen LogP contribution in [0.3, 0.4) is 0 Å². The molecule has 1 N–H and O–H groups in total. The van der Waals surface area contributed by atoms with Gasteiger partial charge in [0.05, 0.1) is 0 Å². The van der Waals surface area contributed by atoms with Crippen molar-refractivity contribution >= 4 is 11.3 Å². The summed E-state index contributed by atoms with van der Waals surface area (Å²) in [4.78, 5) is 1.60. The summed E-state index contributed by atoms with van der Waals surface area (Å²) in [6.07, 6.45) is 11.3. The van der Waals surface area contributed by atoms with Crippen molar-refractivity contribution in [2.24, 2.45) is 0 Å². The SMILES string of the molecule is C#CCCC(NCC)C1CCCc2sccc21. The van der Waals surface area contributed by atoms with E-state index in [9.17, 15) is 0 Å². The number of hydrogen-bond acceptors (Lipinski definition) is 2. The molecule has 2 unspecified atom stereocenters. The summed E-state index contributed by atoms with van der Waals surface area (Å²) in [6, 6.07) is 2.88. The van der Waals surface area contributed by atoms with Crippen LogP contribution in [-0.4, -0.2) is 12.6 Å². The number of thiophene rings is 1. The van der Waals surface area contributed by atoms with E-state index >= 15 is 0 Å². The first-order chi connectivity index (χ1) is 8.36. The average molecular weight is 247 g/mol. The van der Waals surface area contributed by atoms with E-state index in [4.69, 9.17) is 6.42 Å². The molecule has 0 bridgehead atoms. The predicted molar refractivity (Wildman–Crippen MR) is 75.5 cm³/mol. The molecule has 0 amide bonds. The van der Waals surface area contributed by atoms with Gasteiger partial charge in [-0.25, -0.2) is 0 Å². The smallest absolute Gasteiger partial charge is 0.0145 e. The number of hydrogen-bond donors (Lipinski definition) is 1. The Hall–Kier alpha value is -0.780. The standard InChI is InChI=1S/C15H21NS/c1-3-5-8-14(16-4-2)12-7-6-9-15-13(12)10-11-17-15/h1,10-12,14,16H,4-9H2,2H3. The first kappa shape index (κ1) is 12.7. The van der Waals surface area contributed by atoms with Gasteiger partial charge in [0.25, 0.3) is 0 Å². The highest BCUT2D eigenvalue weighted by Crippen LogP contribution is 2.37. The van der Waals surface area contributed by atoms with Gasteiger partial charge in [0.2, 0.25) is 0 Å². The normalized spacial score (nSPS) is 20.6. The van der Waals surface area contributed by atoms with Crippen molar-refractivity contribution in [1.82, 2.24) is 5.32 Å². The van der Waals surface area contributed by atoms with Crippen LogP contribution < -0.4 is 5.32 Å². The van der Waals surface area contributed by atoms with Crippen molar-refractivity contribution in [1.29, 1.82) is 0 Å². The summed E-state index contributed by atoms with van der Waals surface area (Å²) in [7, 11) is 0. The Morgan fingerprint density at radius 2 is 2.53 bits per heavy atom. The van der Waals surface area contributed by atoms with Crippen LogP contribution in [0, 0.1) is 12.3 Å². The van der Waals surface area contributed by atoms with Gasteiger partial charge >= 0.3 is 0 Å². The molecule has 2 heteroatoms. The number of aryl methyl sites for hydroxylation is 1. The summed E-state index contributed by atoms with van der Waals surface area (Å²) >= 11 is 1.92. The van der Waals surface area contributed by atoms with E-state index in [0.717, 1.165) is 19.4 Å². The van der Waals surface area contributed by atoms with Crippen LogP contribution in [0.15, 0.2) is 11.4 Å². The second-order valence-corrected chi connectivity index (χ2v) is 5.71. The molecule has 1 nitrogen and oxygen atoms in total. The number of fused-ring (bicyclic) bond motifs is 1. The third-order valence-electron chi connectivity index (χ3n) is 3.65. The lowest BCUT2D eigenvalue weighted by atomic mass is 9.81. The largest absolute Gasteiger partial charge is 0.314 e. The zero-order valence-corrected chi connectivity index (χ0v) is 11.4. The molecule has 17 heavy (non-hydrogen) atoms. The molecule has 0 spiro atoms. The number of nitrogens with one attached hydrogen (secondary N) is 1. The Balaban J connectivity index is 2.12. The first-order valence-corrected chi connectivity index (χ1v) is 7.48. The Morgan fingerprint density at radius 1 is 1.65 bits per heavy atom. The van der Waals surface area contributed by atoms with Crippen molar-refractivity contribution in [3.8, 4) is 12.3 Å². The fourth-order valence-corrected chi connectivity index (χ4v) is 3.88. The first-order valence-electron chi connectivity index (χ1n) is 6.60. The Morgan fingerprint density at radius 3 is 3.29 bits per heavy atom. The van der Waals surface area contributed by atoms with Crippen LogP contribution in [0.2, 0.25) is 0 Å². The lowest BCUT2D eigenvalue weighted by Gasteiger charge is -2.31. The molecule has 92 valence electrons. The highest BCUT2D eigenvalue weighted by atomic mass is 32.1. The minimum absolute atomic E-state index is 0.560. The topological polar surface area (TPSA) is 12.0 Å². The molecule has 2 rings (SSSR count). The minimum Gasteiger partial charge on any atom is -0.314 e. The molecule has 1 aliphatic rings. The lowest BCUT2D eigenvalue weighted by molar-refractivity contribution is 0.384. The molecule has 0 saturated carbocycles. The zero-order chi connectivity index (χ0) is 12.1. The van der Waals surface area contributed by atoms with Gasteiger partial charge in [-0.05, 0) is 49.2 Å². The molecule has 1 aliphatic carbocycles. The van der Waals surface area contributed by atoms with Gasteiger partial charge in [-0.2, -0.15) is 0 Å². The molecule has 0 aliphatic heterocycles. The predicted octanol–water partition coefficient (Wildman–Crippen LogP) is 3.56. The summed E-state index contributed by atoms with van der Waals surface area (Å²) in [5.41, 5.74) is 1.59. The van der Waals surface area contributed by atoms with Gasteiger partial charge in [-0.1, -0.05) is 6.92 Å². The van der Waals surface area contributed by atoms with Gasteiger partial charge in [0.15, 0.2) is 0 Å². The third kappa shape index (κ3) is 2.91. The maximum Gasteiger partial charge on any atom is 0.0145 e. The summed E-state index contributed by atoms with van der Waals surface area (Å²) in [6.45, 7) is 3.21.